The molecule has 1 saturated carbocycles. The topological polar surface area (TPSA) is 81.7 Å². The van der Waals surface area contributed by atoms with Gasteiger partial charge in [-0.2, -0.15) is 0 Å². The van der Waals surface area contributed by atoms with Gasteiger partial charge >= 0.3 is 0 Å². The van der Waals surface area contributed by atoms with Gasteiger partial charge in [0.1, 0.15) is 0 Å². The van der Waals surface area contributed by atoms with Crippen LogP contribution in [-0.4, -0.2) is 20.2 Å². The van der Waals surface area contributed by atoms with Gasteiger partial charge in [0.25, 0.3) is 0 Å². The zero-order valence-electron chi connectivity index (χ0n) is 19.5. The van der Waals surface area contributed by atoms with Gasteiger partial charge < -0.3 is 11.1 Å². The van der Waals surface area contributed by atoms with E-state index in [0.717, 1.165) is 18.8 Å². The fourth-order valence-electron chi connectivity index (χ4n) is 5.22. The molecule has 1 atom stereocenters. The highest BCUT2D eigenvalue weighted by Crippen LogP contribution is 2.37. The Morgan fingerprint density at radius 2 is 1.80 bits per heavy atom. The molecule has 6 nitrogen and oxygen atoms in total. The minimum Gasteiger partial charge on any atom is -0.326 e. The molecule has 30 heavy (non-hydrogen) atoms. The number of hydrogen-bond donors (Lipinski definition) is 2. The van der Waals surface area contributed by atoms with Crippen molar-refractivity contribution in [1.29, 1.82) is 0 Å². The van der Waals surface area contributed by atoms with Gasteiger partial charge in [-0.3, -0.25) is 0 Å². The Morgan fingerprint density at radius 1 is 1.10 bits per heavy atom. The molecular formula is C24H40N6. The summed E-state index contributed by atoms with van der Waals surface area (Å²) in [5.74, 6) is 1.54. The zero-order chi connectivity index (χ0) is 21.8. The van der Waals surface area contributed by atoms with Gasteiger partial charge in [0.05, 0.1) is 11.6 Å². The van der Waals surface area contributed by atoms with Crippen LogP contribution in [0.3, 0.4) is 0 Å². The molecule has 1 fully saturated rings. The molecule has 0 aliphatic heterocycles. The maximum Gasteiger partial charge on any atom is 0.169 e. The van der Waals surface area contributed by atoms with Crippen molar-refractivity contribution < 1.29 is 0 Å². The van der Waals surface area contributed by atoms with Gasteiger partial charge in [0.15, 0.2) is 5.82 Å². The number of tetrazole rings is 1. The van der Waals surface area contributed by atoms with Crippen LogP contribution in [0.1, 0.15) is 96.1 Å². The van der Waals surface area contributed by atoms with E-state index in [9.17, 15) is 0 Å². The molecule has 3 N–H and O–H groups in total. The highest BCUT2D eigenvalue weighted by molar-refractivity contribution is 5.23. The van der Waals surface area contributed by atoms with Crippen molar-refractivity contribution in [3.63, 3.8) is 0 Å². The number of rotatable bonds is 8. The molecule has 3 rings (SSSR count). The Morgan fingerprint density at radius 3 is 2.47 bits per heavy atom. The normalized spacial score (nSPS) is 17.3. The largest absolute Gasteiger partial charge is 0.326 e. The predicted molar refractivity (Wildman–Crippen MR) is 122 cm³/mol. The number of nitrogens with zero attached hydrogens (tertiary/aromatic N) is 4. The van der Waals surface area contributed by atoms with Gasteiger partial charge in [0, 0.05) is 13.1 Å². The molecule has 2 aromatic rings. The summed E-state index contributed by atoms with van der Waals surface area (Å²) in [4.78, 5) is 0. The van der Waals surface area contributed by atoms with Gasteiger partial charge in [-0.25, -0.2) is 4.68 Å². The maximum absolute atomic E-state index is 5.84. The Balaban J connectivity index is 1.87. The van der Waals surface area contributed by atoms with E-state index in [0.29, 0.717) is 12.5 Å². The number of hydrogen-bond acceptors (Lipinski definition) is 5. The first-order valence-electron chi connectivity index (χ1n) is 11.5. The molecule has 0 amide bonds. The molecule has 0 radical (unpaired) electrons. The van der Waals surface area contributed by atoms with E-state index in [1.165, 1.54) is 43.2 Å². The van der Waals surface area contributed by atoms with Crippen molar-refractivity contribution in [3.05, 3.63) is 41.2 Å². The van der Waals surface area contributed by atoms with Gasteiger partial charge in [0.2, 0.25) is 0 Å². The monoisotopic (exact) mass is 412 g/mol. The smallest absolute Gasteiger partial charge is 0.169 e. The SMILES string of the molecule is CC(C)(C)CC(C)(C)n1nnnc1C(NCc1cccc(CN)c1)C1CCCCC1. The van der Waals surface area contributed by atoms with Crippen LogP contribution in [0.15, 0.2) is 24.3 Å². The summed E-state index contributed by atoms with van der Waals surface area (Å²) < 4.78 is 2.08. The first-order chi connectivity index (χ1) is 14.2. The second kappa shape index (κ2) is 9.56. The lowest BCUT2D eigenvalue weighted by Crippen LogP contribution is -2.38. The number of nitrogens with two attached hydrogens (primary N) is 1. The van der Waals surface area contributed by atoms with Crippen molar-refractivity contribution in [2.24, 2.45) is 17.1 Å². The van der Waals surface area contributed by atoms with Crippen LogP contribution in [0.4, 0.5) is 0 Å². The van der Waals surface area contributed by atoms with Crippen LogP contribution in [0.5, 0.6) is 0 Å². The van der Waals surface area contributed by atoms with Gasteiger partial charge in [-0.1, -0.05) is 64.3 Å². The Kier molecular flexibility index (Phi) is 7.30. The van der Waals surface area contributed by atoms with Crippen LogP contribution in [0, 0.1) is 11.3 Å². The third-order valence-corrected chi connectivity index (χ3v) is 6.18. The standard InChI is InChI=1S/C24H40N6/c1-23(2,3)17-24(4,5)30-22(27-28-29-30)21(20-12-7-6-8-13-20)26-16-19-11-9-10-18(14-19)15-25/h9-11,14,20-21,26H,6-8,12-13,15-17,25H2,1-5H3. The molecule has 6 heteroatoms. The minimum atomic E-state index is -0.148. The van der Waals surface area contributed by atoms with Crippen LogP contribution in [0.2, 0.25) is 0 Å². The summed E-state index contributed by atoms with van der Waals surface area (Å²) in [6.45, 7) is 12.7. The van der Waals surface area contributed by atoms with Crippen molar-refractivity contribution in [3.8, 4) is 0 Å². The molecule has 0 saturated heterocycles. The molecular weight excluding hydrogens is 372 g/mol. The highest BCUT2D eigenvalue weighted by atomic mass is 15.6. The van der Waals surface area contributed by atoms with E-state index in [1.54, 1.807) is 0 Å². The summed E-state index contributed by atoms with van der Waals surface area (Å²) in [6.07, 6.45) is 7.38. The average molecular weight is 413 g/mol. The van der Waals surface area contributed by atoms with Crippen molar-refractivity contribution in [2.45, 2.75) is 97.8 Å². The quantitative estimate of drug-likeness (QED) is 0.656. The molecule has 1 heterocycles. The fourth-order valence-corrected chi connectivity index (χ4v) is 5.22. The predicted octanol–water partition coefficient (Wildman–Crippen LogP) is 4.71. The van der Waals surface area contributed by atoms with E-state index in [4.69, 9.17) is 5.73 Å². The molecule has 0 spiro atoms. The number of benzene rings is 1. The Bertz CT molecular complexity index is 798. The lowest BCUT2D eigenvalue weighted by atomic mass is 9.80. The van der Waals surface area contributed by atoms with Crippen LogP contribution in [0.25, 0.3) is 0 Å². The van der Waals surface area contributed by atoms with E-state index < -0.39 is 0 Å². The summed E-state index contributed by atoms with van der Waals surface area (Å²) in [6, 6.07) is 8.68. The molecule has 166 valence electrons. The van der Waals surface area contributed by atoms with Crippen molar-refractivity contribution in [2.75, 3.05) is 0 Å². The molecule has 1 aromatic carbocycles. The van der Waals surface area contributed by atoms with E-state index in [2.05, 4.69) is 84.4 Å². The summed E-state index contributed by atoms with van der Waals surface area (Å²) >= 11 is 0. The van der Waals surface area contributed by atoms with Crippen molar-refractivity contribution >= 4 is 0 Å². The molecule has 1 aliphatic rings. The van der Waals surface area contributed by atoms with E-state index in [1.807, 2.05) is 0 Å². The third-order valence-electron chi connectivity index (χ3n) is 6.18. The van der Waals surface area contributed by atoms with E-state index in [-0.39, 0.29) is 17.0 Å². The molecule has 0 bridgehead atoms. The highest BCUT2D eigenvalue weighted by Gasteiger charge is 2.35. The summed E-state index contributed by atoms with van der Waals surface area (Å²) in [7, 11) is 0. The first-order valence-corrected chi connectivity index (χ1v) is 11.5. The van der Waals surface area contributed by atoms with Crippen LogP contribution in [-0.2, 0) is 18.6 Å². The van der Waals surface area contributed by atoms with Crippen LogP contribution < -0.4 is 11.1 Å². The summed E-state index contributed by atoms with van der Waals surface area (Å²) in [5.41, 5.74) is 8.31. The third kappa shape index (κ3) is 5.88. The Hall–Kier alpha value is -1.79. The second-order valence-electron chi connectivity index (χ2n) is 10.8. The maximum atomic E-state index is 5.84. The molecule has 1 aromatic heterocycles. The summed E-state index contributed by atoms with van der Waals surface area (Å²) in [5, 5.41) is 17.0. The fraction of sp³-hybridized carbons (Fsp3) is 0.708. The van der Waals surface area contributed by atoms with Gasteiger partial charge in [-0.05, 0) is 66.0 Å². The lowest BCUT2D eigenvalue weighted by molar-refractivity contribution is 0.175. The zero-order valence-corrected chi connectivity index (χ0v) is 19.5. The molecule has 1 aliphatic carbocycles. The lowest BCUT2D eigenvalue weighted by Gasteiger charge is -2.36. The average Bonchev–Trinajstić information content (AvgIpc) is 3.18. The van der Waals surface area contributed by atoms with Gasteiger partial charge in [-0.15, -0.1) is 5.10 Å². The second-order valence-corrected chi connectivity index (χ2v) is 10.8. The van der Waals surface area contributed by atoms with Crippen molar-refractivity contribution in [1.82, 2.24) is 25.5 Å². The number of nitrogens with one attached hydrogen (secondary N) is 1. The number of aromatic nitrogens is 4. The molecule has 1 unspecified atom stereocenters. The van der Waals surface area contributed by atoms with E-state index >= 15 is 0 Å². The first kappa shape index (κ1) is 22.9. The van der Waals surface area contributed by atoms with Crippen LogP contribution >= 0.6 is 0 Å². The minimum absolute atomic E-state index is 0.148. The Labute approximate surface area is 182 Å².